The van der Waals surface area contributed by atoms with Crippen LogP contribution >= 0.6 is 0 Å². The summed E-state index contributed by atoms with van der Waals surface area (Å²) in [6.45, 7) is 5.39. The first kappa shape index (κ1) is 19.8. The highest BCUT2D eigenvalue weighted by molar-refractivity contribution is 5.81. The first-order valence-electron chi connectivity index (χ1n) is 8.45. The molecule has 0 radical (unpaired) electrons. The molecule has 134 valence electrons. The molecule has 0 saturated heterocycles. The molecule has 1 aromatic carbocycles. The van der Waals surface area contributed by atoms with E-state index in [0.717, 1.165) is 25.1 Å². The van der Waals surface area contributed by atoms with Gasteiger partial charge >= 0.3 is 0 Å². The van der Waals surface area contributed by atoms with Gasteiger partial charge in [0.15, 0.2) is 5.96 Å². The van der Waals surface area contributed by atoms with Crippen LogP contribution in [0.2, 0.25) is 0 Å². The first-order valence-corrected chi connectivity index (χ1v) is 8.45. The van der Waals surface area contributed by atoms with Gasteiger partial charge in [-0.15, -0.1) is 0 Å². The highest BCUT2D eigenvalue weighted by Gasteiger charge is 2.05. The number of aliphatic imine (C=N–C) groups is 1. The molecule has 0 heterocycles. The highest BCUT2D eigenvalue weighted by atomic mass is 16.5. The van der Waals surface area contributed by atoms with Crippen LogP contribution in [0.15, 0.2) is 29.3 Å². The smallest absolute Gasteiger partial charge is 0.221 e. The Balaban J connectivity index is 2.23. The molecule has 3 N–H and O–H groups in total. The average molecular weight is 334 g/mol. The van der Waals surface area contributed by atoms with Gasteiger partial charge in [-0.1, -0.05) is 19.1 Å². The summed E-state index contributed by atoms with van der Waals surface area (Å²) in [6, 6.07) is 8.24. The van der Waals surface area contributed by atoms with E-state index in [1.807, 2.05) is 19.1 Å². The number of carbonyl (C=O) groups excluding carboxylic acids is 1. The fourth-order valence-electron chi connectivity index (χ4n) is 2.08. The van der Waals surface area contributed by atoms with Crippen LogP contribution in [0.4, 0.5) is 0 Å². The quantitative estimate of drug-likeness (QED) is 0.475. The number of carbonyl (C=O) groups is 1. The summed E-state index contributed by atoms with van der Waals surface area (Å²) in [5.41, 5.74) is 1.23. The van der Waals surface area contributed by atoms with Gasteiger partial charge in [0.1, 0.15) is 5.75 Å². The highest BCUT2D eigenvalue weighted by Crippen LogP contribution is 2.11. The zero-order chi connectivity index (χ0) is 17.8. The van der Waals surface area contributed by atoms with Crippen LogP contribution < -0.4 is 20.7 Å². The van der Waals surface area contributed by atoms with Crippen LogP contribution in [0.3, 0.4) is 0 Å². The minimum atomic E-state index is 0.0607. The molecule has 6 nitrogen and oxygen atoms in total. The molecule has 0 bridgehead atoms. The van der Waals surface area contributed by atoms with E-state index in [1.165, 1.54) is 5.56 Å². The lowest BCUT2D eigenvalue weighted by Gasteiger charge is -2.14. The van der Waals surface area contributed by atoms with Crippen LogP contribution in [-0.2, 0) is 11.2 Å². The molecule has 0 fully saturated rings. The van der Waals surface area contributed by atoms with Crippen molar-refractivity contribution in [2.24, 2.45) is 4.99 Å². The molecular formula is C18H30N4O2. The second-order valence-electron chi connectivity index (χ2n) is 5.65. The number of benzene rings is 1. The van der Waals surface area contributed by atoms with Gasteiger partial charge < -0.3 is 20.7 Å². The largest absolute Gasteiger partial charge is 0.497 e. The summed E-state index contributed by atoms with van der Waals surface area (Å²) >= 11 is 0. The van der Waals surface area contributed by atoms with Crippen molar-refractivity contribution in [1.29, 1.82) is 0 Å². The summed E-state index contributed by atoms with van der Waals surface area (Å²) in [5, 5.41) is 9.35. The van der Waals surface area contributed by atoms with Gasteiger partial charge in [0, 0.05) is 32.6 Å². The second kappa shape index (κ2) is 11.3. The Hall–Kier alpha value is -2.24. The molecule has 1 atom stereocenters. The Morgan fingerprint density at radius 1 is 1.21 bits per heavy atom. The topological polar surface area (TPSA) is 74.8 Å². The van der Waals surface area contributed by atoms with Crippen molar-refractivity contribution < 1.29 is 9.53 Å². The van der Waals surface area contributed by atoms with Gasteiger partial charge in [-0.3, -0.25) is 9.79 Å². The van der Waals surface area contributed by atoms with Crippen LogP contribution in [0.5, 0.6) is 5.75 Å². The molecule has 1 aromatic rings. The molecule has 0 aliphatic heterocycles. The van der Waals surface area contributed by atoms with Crippen molar-refractivity contribution in [2.45, 2.75) is 39.2 Å². The van der Waals surface area contributed by atoms with Gasteiger partial charge in [0.2, 0.25) is 5.91 Å². The summed E-state index contributed by atoms with van der Waals surface area (Å²) in [7, 11) is 3.39. The van der Waals surface area contributed by atoms with E-state index in [0.29, 0.717) is 18.9 Å². The molecule has 1 unspecified atom stereocenters. The number of nitrogens with one attached hydrogen (secondary N) is 3. The van der Waals surface area contributed by atoms with Crippen molar-refractivity contribution in [3.05, 3.63) is 29.8 Å². The molecule has 0 aromatic heterocycles. The third kappa shape index (κ3) is 7.85. The maximum atomic E-state index is 11.7. The molecule has 0 spiro atoms. The fraction of sp³-hybridized carbons (Fsp3) is 0.556. The van der Waals surface area contributed by atoms with Crippen molar-refractivity contribution in [1.82, 2.24) is 16.0 Å². The lowest BCUT2D eigenvalue weighted by Crippen LogP contribution is -2.41. The zero-order valence-corrected chi connectivity index (χ0v) is 15.2. The van der Waals surface area contributed by atoms with Gasteiger partial charge in [0.05, 0.1) is 7.11 Å². The maximum Gasteiger partial charge on any atom is 0.221 e. The van der Waals surface area contributed by atoms with E-state index < -0.39 is 0 Å². The Morgan fingerprint density at radius 2 is 1.88 bits per heavy atom. The second-order valence-corrected chi connectivity index (χ2v) is 5.65. The first-order chi connectivity index (χ1) is 11.6. The number of ether oxygens (including phenoxy) is 1. The van der Waals surface area contributed by atoms with E-state index in [-0.39, 0.29) is 11.9 Å². The molecule has 0 aliphatic carbocycles. The van der Waals surface area contributed by atoms with E-state index >= 15 is 0 Å². The average Bonchev–Trinajstić information content (AvgIpc) is 2.60. The third-order valence-electron chi connectivity index (χ3n) is 3.75. The van der Waals surface area contributed by atoms with E-state index in [9.17, 15) is 4.79 Å². The number of hydrogen-bond acceptors (Lipinski definition) is 3. The van der Waals surface area contributed by atoms with Crippen LogP contribution in [0.1, 0.15) is 32.3 Å². The number of hydrogen-bond donors (Lipinski definition) is 3. The minimum absolute atomic E-state index is 0.0607. The van der Waals surface area contributed by atoms with Crippen molar-refractivity contribution in [3.63, 3.8) is 0 Å². The molecule has 1 rings (SSSR count). The van der Waals surface area contributed by atoms with Crippen molar-refractivity contribution >= 4 is 11.9 Å². The number of nitrogens with zero attached hydrogens (tertiary/aromatic N) is 1. The normalized spacial score (nSPS) is 12.4. The Bertz CT molecular complexity index is 514. The standard InChI is InChI=1S/C18H30N4O2/c1-5-14(2)22-17(23)11-13-21-18(19-3)20-12-10-15-6-8-16(24-4)9-7-15/h6-9,14H,5,10-13H2,1-4H3,(H,22,23)(H2,19,20,21). The predicted molar refractivity (Wildman–Crippen MR) is 98.6 cm³/mol. The minimum Gasteiger partial charge on any atom is -0.497 e. The van der Waals surface area contributed by atoms with Gasteiger partial charge in [-0.2, -0.15) is 0 Å². The number of amides is 1. The fourth-order valence-corrected chi connectivity index (χ4v) is 2.08. The Kier molecular flexibility index (Phi) is 9.34. The lowest BCUT2D eigenvalue weighted by atomic mass is 10.1. The Labute approximate surface area is 145 Å². The monoisotopic (exact) mass is 334 g/mol. The van der Waals surface area contributed by atoms with Gasteiger partial charge in [-0.05, 0) is 37.5 Å². The molecule has 6 heteroatoms. The third-order valence-corrected chi connectivity index (χ3v) is 3.75. The van der Waals surface area contributed by atoms with E-state index in [1.54, 1.807) is 14.2 Å². The van der Waals surface area contributed by atoms with E-state index in [4.69, 9.17) is 4.74 Å². The molecule has 24 heavy (non-hydrogen) atoms. The molecule has 1 amide bonds. The molecule has 0 aliphatic rings. The summed E-state index contributed by atoms with van der Waals surface area (Å²) < 4.78 is 5.15. The SMILES string of the molecule is CCC(C)NC(=O)CCNC(=NC)NCCc1ccc(OC)cc1. The lowest BCUT2D eigenvalue weighted by molar-refractivity contribution is -0.121. The van der Waals surface area contributed by atoms with Crippen LogP contribution in [-0.4, -0.2) is 45.2 Å². The summed E-state index contributed by atoms with van der Waals surface area (Å²) in [4.78, 5) is 15.9. The van der Waals surface area contributed by atoms with Crippen molar-refractivity contribution in [2.75, 3.05) is 27.2 Å². The summed E-state index contributed by atoms with van der Waals surface area (Å²) in [6.07, 6.45) is 2.26. The number of rotatable bonds is 9. The maximum absolute atomic E-state index is 11.7. The van der Waals surface area contributed by atoms with Crippen LogP contribution in [0, 0.1) is 0 Å². The predicted octanol–water partition coefficient (Wildman–Crippen LogP) is 1.71. The summed E-state index contributed by atoms with van der Waals surface area (Å²) in [5.74, 6) is 1.63. The van der Waals surface area contributed by atoms with Crippen molar-refractivity contribution in [3.8, 4) is 5.75 Å². The van der Waals surface area contributed by atoms with Gasteiger partial charge in [-0.25, -0.2) is 0 Å². The van der Waals surface area contributed by atoms with Crippen LogP contribution in [0.25, 0.3) is 0 Å². The number of guanidine groups is 1. The van der Waals surface area contributed by atoms with Gasteiger partial charge in [0.25, 0.3) is 0 Å². The molecule has 0 saturated carbocycles. The Morgan fingerprint density at radius 3 is 2.46 bits per heavy atom. The number of methoxy groups -OCH3 is 1. The van der Waals surface area contributed by atoms with E-state index in [2.05, 4.69) is 40.0 Å². The zero-order valence-electron chi connectivity index (χ0n) is 15.2. The molecular weight excluding hydrogens is 304 g/mol.